The Hall–Kier alpha value is -1.88. The standard InChI is InChI=1S/C17H23N3OS/c1-12(17(2,3)4)19(5)15(21)13-6-8-14(9-7-13)20-11-10-18-16(20)22/h6-12H,1-5H3,(H,18,22)/t12-/m1/s1. The molecular formula is C17H23N3OS. The number of hydrogen-bond donors (Lipinski definition) is 1. The van der Waals surface area contributed by atoms with Crippen molar-refractivity contribution in [3.05, 3.63) is 47.0 Å². The molecule has 1 heterocycles. The first-order valence-electron chi connectivity index (χ1n) is 7.35. The van der Waals surface area contributed by atoms with Crippen molar-refractivity contribution in [2.75, 3.05) is 7.05 Å². The van der Waals surface area contributed by atoms with Gasteiger partial charge in [0.1, 0.15) is 0 Å². The zero-order valence-corrected chi connectivity index (χ0v) is 14.6. The van der Waals surface area contributed by atoms with Crippen molar-refractivity contribution in [1.82, 2.24) is 14.5 Å². The van der Waals surface area contributed by atoms with Crippen molar-refractivity contribution in [2.45, 2.75) is 33.7 Å². The van der Waals surface area contributed by atoms with Crippen LogP contribution in [0.4, 0.5) is 0 Å². The molecule has 0 fully saturated rings. The van der Waals surface area contributed by atoms with Crippen molar-refractivity contribution in [3.8, 4) is 5.69 Å². The fourth-order valence-electron chi connectivity index (χ4n) is 2.25. The summed E-state index contributed by atoms with van der Waals surface area (Å²) in [4.78, 5) is 17.3. The lowest BCUT2D eigenvalue weighted by Crippen LogP contribution is -2.42. The Balaban J connectivity index is 2.22. The van der Waals surface area contributed by atoms with Crippen LogP contribution >= 0.6 is 12.2 Å². The van der Waals surface area contributed by atoms with Crippen LogP contribution in [0.15, 0.2) is 36.7 Å². The minimum atomic E-state index is 0.0339. The number of hydrogen-bond acceptors (Lipinski definition) is 2. The normalized spacial score (nSPS) is 13.0. The van der Waals surface area contributed by atoms with Gasteiger partial charge in [0, 0.05) is 36.7 Å². The van der Waals surface area contributed by atoms with Crippen LogP contribution < -0.4 is 0 Å². The van der Waals surface area contributed by atoms with E-state index >= 15 is 0 Å². The Labute approximate surface area is 136 Å². The molecule has 0 unspecified atom stereocenters. The highest BCUT2D eigenvalue weighted by Gasteiger charge is 2.27. The average Bonchev–Trinajstić information content (AvgIpc) is 2.90. The predicted molar refractivity (Wildman–Crippen MR) is 92.0 cm³/mol. The second-order valence-electron chi connectivity index (χ2n) is 6.64. The van der Waals surface area contributed by atoms with Crippen molar-refractivity contribution < 1.29 is 4.79 Å². The van der Waals surface area contributed by atoms with Gasteiger partial charge in [-0.3, -0.25) is 9.36 Å². The Bertz CT molecular complexity index is 706. The molecule has 1 atom stereocenters. The summed E-state index contributed by atoms with van der Waals surface area (Å²) < 4.78 is 2.50. The van der Waals surface area contributed by atoms with Crippen LogP contribution in [-0.4, -0.2) is 33.4 Å². The van der Waals surface area contributed by atoms with Crippen LogP contribution in [-0.2, 0) is 0 Å². The number of rotatable bonds is 3. The number of nitrogens with one attached hydrogen (secondary N) is 1. The minimum Gasteiger partial charge on any atom is -0.338 e. The van der Waals surface area contributed by atoms with Gasteiger partial charge in [0.25, 0.3) is 5.91 Å². The minimum absolute atomic E-state index is 0.0339. The largest absolute Gasteiger partial charge is 0.338 e. The maximum absolute atomic E-state index is 12.6. The van der Waals surface area contributed by atoms with Gasteiger partial charge < -0.3 is 9.88 Å². The molecule has 0 spiro atoms. The lowest BCUT2D eigenvalue weighted by molar-refractivity contribution is 0.0629. The number of carbonyl (C=O) groups is 1. The fraction of sp³-hybridized carbons (Fsp3) is 0.412. The summed E-state index contributed by atoms with van der Waals surface area (Å²) in [5.74, 6) is 0.0339. The van der Waals surface area contributed by atoms with Gasteiger partial charge >= 0.3 is 0 Å². The Morgan fingerprint density at radius 3 is 2.32 bits per heavy atom. The molecule has 22 heavy (non-hydrogen) atoms. The SMILES string of the molecule is C[C@@H](N(C)C(=O)c1ccc(-n2cc[nH]c2=S)cc1)C(C)(C)C. The maximum atomic E-state index is 12.6. The van der Waals surface area contributed by atoms with Crippen molar-refractivity contribution in [1.29, 1.82) is 0 Å². The number of amides is 1. The van der Waals surface area contributed by atoms with Gasteiger partial charge in [-0.15, -0.1) is 0 Å². The molecule has 0 aliphatic heterocycles. The molecule has 0 saturated carbocycles. The molecule has 118 valence electrons. The molecule has 0 saturated heterocycles. The number of H-pyrrole nitrogens is 1. The third-order valence-electron chi connectivity index (χ3n) is 4.20. The van der Waals surface area contributed by atoms with Gasteiger partial charge in [-0.05, 0) is 48.8 Å². The zero-order valence-electron chi connectivity index (χ0n) is 13.8. The van der Waals surface area contributed by atoms with Crippen molar-refractivity contribution >= 4 is 18.1 Å². The highest BCUT2D eigenvalue weighted by atomic mass is 32.1. The molecule has 0 radical (unpaired) electrons. The molecule has 0 aliphatic carbocycles. The monoisotopic (exact) mass is 317 g/mol. The molecule has 1 amide bonds. The second kappa shape index (κ2) is 6.08. The summed E-state index contributed by atoms with van der Waals surface area (Å²) in [6.45, 7) is 8.49. The summed E-state index contributed by atoms with van der Waals surface area (Å²) in [7, 11) is 1.86. The Morgan fingerprint density at radius 1 is 1.27 bits per heavy atom. The Kier molecular flexibility index (Phi) is 4.56. The molecule has 1 aromatic carbocycles. The molecule has 0 bridgehead atoms. The van der Waals surface area contributed by atoms with E-state index < -0.39 is 0 Å². The van der Waals surface area contributed by atoms with Crippen LogP contribution in [0.1, 0.15) is 38.1 Å². The zero-order chi connectivity index (χ0) is 16.5. The summed E-state index contributed by atoms with van der Waals surface area (Å²) in [6.07, 6.45) is 3.66. The van der Waals surface area contributed by atoms with E-state index in [1.54, 1.807) is 11.1 Å². The van der Waals surface area contributed by atoms with Crippen molar-refractivity contribution in [3.63, 3.8) is 0 Å². The quantitative estimate of drug-likeness (QED) is 0.868. The van der Waals surface area contributed by atoms with Gasteiger partial charge in [0.2, 0.25) is 0 Å². The van der Waals surface area contributed by atoms with Gasteiger partial charge in [-0.2, -0.15) is 0 Å². The van der Waals surface area contributed by atoms with Crippen LogP contribution in [0.2, 0.25) is 0 Å². The summed E-state index contributed by atoms with van der Waals surface area (Å²) in [6, 6.07) is 7.66. The molecular weight excluding hydrogens is 294 g/mol. The second-order valence-corrected chi connectivity index (χ2v) is 7.03. The molecule has 5 heteroatoms. The van der Waals surface area contributed by atoms with Gasteiger partial charge in [0.15, 0.2) is 4.77 Å². The van der Waals surface area contributed by atoms with Crippen LogP contribution in [0.5, 0.6) is 0 Å². The number of nitrogens with zero attached hydrogens (tertiary/aromatic N) is 2. The van der Waals surface area contributed by atoms with Gasteiger partial charge in [-0.1, -0.05) is 20.8 Å². The first-order valence-corrected chi connectivity index (χ1v) is 7.76. The first kappa shape index (κ1) is 16.5. The topological polar surface area (TPSA) is 41.0 Å². The highest BCUT2D eigenvalue weighted by molar-refractivity contribution is 7.71. The molecule has 0 aliphatic rings. The van der Waals surface area contributed by atoms with E-state index in [9.17, 15) is 4.79 Å². The van der Waals surface area contributed by atoms with E-state index in [-0.39, 0.29) is 17.4 Å². The third-order valence-corrected chi connectivity index (χ3v) is 4.51. The van der Waals surface area contributed by atoms with Crippen molar-refractivity contribution in [2.24, 2.45) is 5.41 Å². The number of imidazole rings is 1. The van der Waals surface area contributed by atoms with E-state index in [0.29, 0.717) is 10.3 Å². The average molecular weight is 317 g/mol. The van der Waals surface area contributed by atoms with E-state index in [4.69, 9.17) is 12.2 Å². The summed E-state index contributed by atoms with van der Waals surface area (Å²) in [5.41, 5.74) is 1.67. The predicted octanol–water partition coefficient (Wildman–Crippen LogP) is 4.04. The Morgan fingerprint density at radius 2 is 1.86 bits per heavy atom. The van der Waals surface area contributed by atoms with Gasteiger partial charge in [0.05, 0.1) is 0 Å². The molecule has 2 aromatic rings. The molecule has 1 aromatic heterocycles. The van der Waals surface area contributed by atoms with E-state index in [2.05, 4.69) is 32.7 Å². The van der Waals surface area contributed by atoms with Crippen LogP contribution in [0, 0.1) is 10.2 Å². The van der Waals surface area contributed by atoms with Gasteiger partial charge in [-0.25, -0.2) is 0 Å². The summed E-state index contributed by atoms with van der Waals surface area (Å²) >= 11 is 5.20. The van der Waals surface area contributed by atoms with E-state index in [0.717, 1.165) is 5.69 Å². The molecule has 4 nitrogen and oxygen atoms in total. The lowest BCUT2D eigenvalue weighted by atomic mass is 9.87. The molecule has 1 N–H and O–H groups in total. The molecule has 2 rings (SSSR count). The van der Waals surface area contributed by atoms with E-state index in [1.165, 1.54) is 0 Å². The smallest absolute Gasteiger partial charge is 0.253 e. The fourth-order valence-corrected chi connectivity index (χ4v) is 2.48. The van der Waals surface area contributed by atoms with Crippen LogP contribution in [0.25, 0.3) is 5.69 Å². The van der Waals surface area contributed by atoms with E-state index in [1.807, 2.05) is 42.1 Å². The highest BCUT2D eigenvalue weighted by Crippen LogP contribution is 2.24. The third kappa shape index (κ3) is 3.30. The lowest BCUT2D eigenvalue weighted by Gasteiger charge is -2.35. The first-order chi connectivity index (χ1) is 10.2. The van der Waals surface area contributed by atoms with Crippen LogP contribution in [0.3, 0.4) is 0 Å². The summed E-state index contributed by atoms with van der Waals surface area (Å²) in [5, 5.41) is 0. The number of aromatic amines is 1. The number of carbonyl (C=O) groups excluding carboxylic acids is 1. The number of benzene rings is 1. The maximum Gasteiger partial charge on any atom is 0.253 e. The number of aromatic nitrogens is 2.